The van der Waals surface area contributed by atoms with Gasteiger partial charge in [-0.15, -0.1) is 0 Å². The number of carbonyl (C=O) groups excluding carboxylic acids is 1. The third kappa shape index (κ3) is 2.70. The Balaban J connectivity index is 1.85. The van der Waals surface area contributed by atoms with Gasteiger partial charge in [0.25, 0.3) is 0 Å². The molecular weight excluding hydrogens is 262 g/mol. The number of hydrogen-bond donors (Lipinski definition) is 2. The summed E-state index contributed by atoms with van der Waals surface area (Å²) in [5, 5.41) is 3.45. The molecule has 2 aromatic rings. The molecule has 0 saturated carbocycles. The van der Waals surface area contributed by atoms with Crippen molar-refractivity contribution >= 4 is 17.3 Å². The molecular formula is C17H19N3O. The quantitative estimate of drug-likeness (QED) is 0.909. The Hall–Kier alpha value is -2.49. The molecule has 1 aliphatic rings. The van der Waals surface area contributed by atoms with Crippen molar-refractivity contribution in [3.8, 4) is 0 Å². The summed E-state index contributed by atoms with van der Waals surface area (Å²) in [6.07, 6.45) is 0. The minimum absolute atomic E-state index is 0.387. The van der Waals surface area contributed by atoms with Gasteiger partial charge in [0, 0.05) is 24.7 Å². The van der Waals surface area contributed by atoms with Gasteiger partial charge in [-0.25, -0.2) is 0 Å². The van der Waals surface area contributed by atoms with E-state index in [9.17, 15) is 4.79 Å². The number of nitrogens with two attached hydrogens (primary N) is 1. The number of nitrogens with one attached hydrogen (secondary N) is 1. The predicted octanol–water partition coefficient (Wildman–Crippen LogP) is 2.61. The smallest absolute Gasteiger partial charge is 0.248 e. The molecule has 3 rings (SSSR count). The predicted molar refractivity (Wildman–Crippen MR) is 85.5 cm³/mol. The van der Waals surface area contributed by atoms with E-state index in [1.165, 1.54) is 16.9 Å². The van der Waals surface area contributed by atoms with Gasteiger partial charge in [-0.2, -0.15) is 0 Å². The number of para-hydroxylation sites is 2. The molecule has 4 heteroatoms. The third-order valence-electron chi connectivity index (χ3n) is 3.92. The molecule has 1 unspecified atom stereocenters. The SMILES string of the molecule is CC1CNc2ccccc2N1Cc1ccc(C(N)=O)cc1. The van der Waals surface area contributed by atoms with Gasteiger partial charge in [0.05, 0.1) is 11.4 Å². The van der Waals surface area contributed by atoms with Gasteiger partial charge >= 0.3 is 0 Å². The van der Waals surface area contributed by atoms with Gasteiger partial charge < -0.3 is 16.0 Å². The van der Waals surface area contributed by atoms with Crippen molar-refractivity contribution in [3.63, 3.8) is 0 Å². The first-order valence-corrected chi connectivity index (χ1v) is 7.13. The number of fused-ring (bicyclic) bond motifs is 1. The molecule has 2 aromatic carbocycles. The van der Waals surface area contributed by atoms with Crippen LogP contribution < -0.4 is 16.0 Å². The zero-order chi connectivity index (χ0) is 14.8. The molecule has 0 aliphatic carbocycles. The van der Waals surface area contributed by atoms with Crippen LogP contribution in [0, 0.1) is 0 Å². The van der Waals surface area contributed by atoms with Crippen molar-refractivity contribution in [1.82, 2.24) is 0 Å². The summed E-state index contributed by atoms with van der Waals surface area (Å²) >= 11 is 0. The Morgan fingerprint density at radius 2 is 1.95 bits per heavy atom. The number of amides is 1. The van der Waals surface area contributed by atoms with Crippen molar-refractivity contribution in [2.45, 2.75) is 19.5 Å². The van der Waals surface area contributed by atoms with Crippen molar-refractivity contribution in [2.75, 3.05) is 16.8 Å². The molecule has 0 radical (unpaired) electrons. The average Bonchev–Trinajstić information content (AvgIpc) is 2.51. The van der Waals surface area contributed by atoms with Gasteiger partial charge in [0.2, 0.25) is 5.91 Å². The second kappa shape index (κ2) is 5.48. The molecule has 1 aliphatic heterocycles. The summed E-state index contributed by atoms with van der Waals surface area (Å²) in [5.74, 6) is -0.387. The zero-order valence-corrected chi connectivity index (χ0v) is 12.0. The first-order chi connectivity index (χ1) is 10.1. The van der Waals surface area contributed by atoms with Crippen LogP contribution in [0.2, 0.25) is 0 Å². The van der Waals surface area contributed by atoms with Crippen molar-refractivity contribution < 1.29 is 4.79 Å². The number of rotatable bonds is 3. The fraction of sp³-hybridized carbons (Fsp3) is 0.235. The third-order valence-corrected chi connectivity index (χ3v) is 3.92. The first-order valence-electron chi connectivity index (χ1n) is 7.13. The zero-order valence-electron chi connectivity index (χ0n) is 12.0. The van der Waals surface area contributed by atoms with Crippen LogP contribution in [0.1, 0.15) is 22.8 Å². The molecule has 1 heterocycles. The topological polar surface area (TPSA) is 58.4 Å². The molecule has 21 heavy (non-hydrogen) atoms. The molecule has 0 saturated heterocycles. The Bertz CT molecular complexity index is 651. The van der Waals surface area contributed by atoms with E-state index in [-0.39, 0.29) is 5.91 Å². The van der Waals surface area contributed by atoms with E-state index in [0.29, 0.717) is 11.6 Å². The number of hydrogen-bond acceptors (Lipinski definition) is 3. The largest absolute Gasteiger partial charge is 0.381 e. The molecule has 3 N–H and O–H groups in total. The molecule has 4 nitrogen and oxygen atoms in total. The highest BCUT2D eigenvalue weighted by Crippen LogP contribution is 2.32. The molecule has 108 valence electrons. The summed E-state index contributed by atoms with van der Waals surface area (Å²) in [4.78, 5) is 13.5. The maximum atomic E-state index is 11.1. The van der Waals surface area contributed by atoms with Crippen LogP contribution in [0.4, 0.5) is 11.4 Å². The van der Waals surface area contributed by atoms with E-state index in [2.05, 4.69) is 35.3 Å². The van der Waals surface area contributed by atoms with Crippen molar-refractivity contribution in [3.05, 3.63) is 59.7 Å². The molecule has 1 amide bonds. The summed E-state index contributed by atoms with van der Waals surface area (Å²) in [6, 6.07) is 16.3. The highest BCUT2D eigenvalue weighted by molar-refractivity contribution is 5.92. The highest BCUT2D eigenvalue weighted by Gasteiger charge is 2.22. The lowest BCUT2D eigenvalue weighted by molar-refractivity contribution is 0.100. The lowest BCUT2D eigenvalue weighted by Gasteiger charge is -2.37. The number of anilines is 2. The van der Waals surface area contributed by atoms with Crippen LogP contribution in [-0.4, -0.2) is 18.5 Å². The van der Waals surface area contributed by atoms with Crippen LogP contribution in [-0.2, 0) is 6.54 Å². The van der Waals surface area contributed by atoms with Crippen molar-refractivity contribution in [1.29, 1.82) is 0 Å². The Kier molecular flexibility index (Phi) is 3.52. The van der Waals surface area contributed by atoms with Gasteiger partial charge in [0.15, 0.2) is 0 Å². The van der Waals surface area contributed by atoms with E-state index >= 15 is 0 Å². The molecule has 0 aromatic heterocycles. The second-order valence-corrected chi connectivity index (χ2v) is 5.44. The fourth-order valence-corrected chi connectivity index (χ4v) is 2.69. The minimum atomic E-state index is -0.387. The van der Waals surface area contributed by atoms with E-state index < -0.39 is 0 Å². The minimum Gasteiger partial charge on any atom is -0.381 e. The van der Waals surface area contributed by atoms with Crippen LogP contribution in [0.15, 0.2) is 48.5 Å². The summed E-state index contributed by atoms with van der Waals surface area (Å²) in [7, 11) is 0. The fourth-order valence-electron chi connectivity index (χ4n) is 2.69. The van der Waals surface area contributed by atoms with Gasteiger partial charge in [-0.3, -0.25) is 4.79 Å². The number of carbonyl (C=O) groups is 1. The monoisotopic (exact) mass is 281 g/mol. The standard InChI is InChI=1S/C17H19N3O/c1-12-10-19-15-4-2-3-5-16(15)20(12)11-13-6-8-14(9-7-13)17(18)21/h2-9,12,19H,10-11H2,1H3,(H2,18,21). The van der Waals surface area contributed by atoms with Crippen LogP contribution in [0.25, 0.3) is 0 Å². The van der Waals surface area contributed by atoms with E-state index in [1.807, 2.05) is 18.2 Å². The Morgan fingerprint density at radius 1 is 1.24 bits per heavy atom. The maximum Gasteiger partial charge on any atom is 0.248 e. The Labute approximate surface area is 124 Å². The lowest BCUT2D eigenvalue weighted by atomic mass is 10.1. The summed E-state index contributed by atoms with van der Waals surface area (Å²) in [5.41, 5.74) is 9.38. The average molecular weight is 281 g/mol. The van der Waals surface area contributed by atoms with Crippen LogP contribution in [0.5, 0.6) is 0 Å². The van der Waals surface area contributed by atoms with E-state index in [4.69, 9.17) is 5.73 Å². The van der Waals surface area contributed by atoms with Crippen molar-refractivity contribution in [2.24, 2.45) is 5.73 Å². The van der Waals surface area contributed by atoms with Gasteiger partial charge in [-0.05, 0) is 36.8 Å². The Morgan fingerprint density at radius 3 is 2.67 bits per heavy atom. The first kappa shape index (κ1) is 13.5. The molecule has 0 fully saturated rings. The number of primary amides is 1. The second-order valence-electron chi connectivity index (χ2n) is 5.44. The normalized spacial score (nSPS) is 17.0. The molecule has 1 atom stereocenters. The van der Waals surface area contributed by atoms with E-state index in [1.54, 1.807) is 12.1 Å². The summed E-state index contributed by atoms with van der Waals surface area (Å²) < 4.78 is 0. The molecule has 0 spiro atoms. The molecule has 0 bridgehead atoms. The highest BCUT2D eigenvalue weighted by atomic mass is 16.1. The number of benzene rings is 2. The number of nitrogens with zero attached hydrogens (tertiary/aromatic N) is 1. The van der Waals surface area contributed by atoms with Gasteiger partial charge in [0.1, 0.15) is 0 Å². The maximum absolute atomic E-state index is 11.1. The summed E-state index contributed by atoms with van der Waals surface area (Å²) in [6.45, 7) is 3.95. The van der Waals surface area contributed by atoms with Crippen LogP contribution >= 0.6 is 0 Å². The lowest BCUT2D eigenvalue weighted by Crippen LogP contribution is -2.41. The van der Waals surface area contributed by atoms with E-state index in [0.717, 1.165) is 13.1 Å². The van der Waals surface area contributed by atoms with Crippen LogP contribution in [0.3, 0.4) is 0 Å². The van der Waals surface area contributed by atoms with Gasteiger partial charge in [-0.1, -0.05) is 24.3 Å².